The van der Waals surface area contributed by atoms with Gasteiger partial charge in [0.15, 0.2) is 0 Å². The number of amides is 1. The fourth-order valence-corrected chi connectivity index (χ4v) is 1.46. The van der Waals surface area contributed by atoms with Gasteiger partial charge < -0.3 is 4.74 Å². The van der Waals surface area contributed by atoms with Crippen LogP contribution in [0.25, 0.3) is 0 Å². The average Bonchev–Trinajstić information content (AvgIpc) is 2.53. The highest BCUT2D eigenvalue weighted by Crippen LogP contribution is 2.16. The van der Waals surface area contributed by atoms with E-state index in [4.69, 9.17) is 16.3 Å². The highest BCUT2D eigenvalue weighted by atomic mass is 35.5. The van der Waals surface area contributed by atoms with Crippen molar-refractivity contribution in [2.24, 2.45) is 0 Å². The van der Waals surface area contributed by atoms with Gasteiger partial charge >= 0.3 is 0 Å². The number of ether oxygens (including phenoxy) is 1. The minimum Gasteiger partial charge on any atom is -0.377 e. The number of aromatic nitrogens is 2. The van der Waals surface area contributed by atoms with Gasteiger partial charge in [-0.25, -0.2) is 0 Å². The lowest BCUT2D eigenvalue weighted by molar-refractivity contribution is -0.115. The maximum atomic E-state index is 11.1. The number of rotatable bonds is 4. The van der Waals surface area contributed by atoms with E-state index < -0.39 is 5.38 Å². The van der Waals surface area contributed by atoms with Crippen LogP contribution in [0.1, 0.15) is 11.9 Å². The Kier molecular flexibility index (Phi) is 4.24. The summed E-state index contributed by atoms with van der Waals surface area (Å²) in [6, 6.07) is 0. The second-order valence-electron chi connectivity index (χ2n) is 2.54. The van der Waals surface area contributed by atoms with Crippen molar-refractivity contribution in [2.75, 3.05) is 12.4 Å². The molecular weight excluding hydrogens is 226 g/mol. The van der Waals surface area contributed by atoms with Crippen LogP contribution < -0.4 is 5.32 Å². The number of anilines is 1. The first kappa shape index (κ1) is 11.4. The summed E-state index contributed by atoms with van der Waals surface area (Å²) in [7, 11) is 1.57. The summed E-state index contributed by atoms with van der Waals surface area (Å²) in [5.41, 5.74) is 0. The van der Waals surface area contributed by atoms with E-state index in [0.717, 1.165) is 0 Å². The smallest absolute Gasteiger partial charge is 0.243 e. The van der Waals surface area contributed by atoms with E-state index in [1.807, 2.05) is 0 Å². The third-order valence-corrected chi connectivity index (χ3v) is 2.34. The zero-order valence-electron chi connectivity index (χ0n) is 7.78. The summed E-state index contributed by atoms with van der Waals surface area (Å²) in [4.78, 5) is 11.1. The molecule has 5 nitrogen and oxygen atoms in total. The van der Waals surface area contributed by atoms with Crippen molar-refractivity contribution in [2.45, 2.75) is 18.9 Å². The number of carbonyl (C=O) groups excluding carboxylic acids is 1. The summed E-state index contributed by atoms with van der Waals surface area (Å²) >= 11 is 6.83. The van der Waals surface area contributed by atoms with Gasteiger partial charge in [0.25, 0.3) is 0 Å². The molecule has 1 heterocycles. The lowest BCUT2D eigenvalue weighted by Crippen LogP contribution is -2.20. The Morgan fingerprint density at radius 3 is 3.00 bits per heavy atom. The molecule has 0 aliphatic carbocycles. The Morgan fingerprint density at radius 1 is 1.71 bits per heavy atom. The molecule has 1 aromatic heterocycles. The van der Waals surface area contributed by atoms with Crippen LogP contribution in [-0.4, -0.2) is 28.6 Å². The van der Waals surface area contributed by atoms with Crippen LogP contribution in [0.2, 0.25) is 0 Å². The molecule has 0 saturated carbocycles. The second-order valence-corrected chi connectivity index (χ2v) is 4.26. The molecule has 0 spiro atoms. The number of hydrogen-bond acceptors (Lipinski definition) is 5. The molecule has 0 saturated heterocycles. The van der Waals surface area contributed by atoms with Crippen LogP contribution in [-0.2, 0) is 16.1 Å². The quantitative estimate of drug-likeness (QED) is 0.798. The van der Waals surface area contributed by atoms with Crippen molar-refractivity contribution in [1.29, 1.82) is 0 Å². The number of carbonyl (C=O) groups is 1. The molecule has 1 amide bonds. The summed E-state index contributed by atoms with van der Waals surface area (Å²) in [5.74, 6) is -0.285. The predicted molar refractivity (Wildman–Crippen MR) is 54.6 cm³/mol. The number of nitrogens with zero attached hydrogens (tertiary/aromatic N) is 2. The maximum Gasteiger partial charge on any atom is 0.243 e. The number of alkyl halides is 1. The SMILES string of the molecule is COCc1nnc(NC(=O)[C@@H](C)Cl)s1. The fraction of sp³-hybridized carbons (Fsp3) is 0.571. The molecule has 0 unspecified atom stereocenters. The molecule has 7 heteroatoms. The van der Waals surface area contributed by atoms with E-state index in [0.29, 0.717) is 16.7 Å². The van der Waals surface area contributed by atoms with Gasteiger partial charge in [-0.3, -0.25) is 10.1 Å². The molecule has 1 aromatic rings. The van der Waals surface area contributed by atoms with Gasteiger partial charge in [-0.2, -0.15) is 0 Å². The third kappa shape index (κ3) is 3.21. The molecule has 14 heavy (non-hydrogen) atoms. The summed E-state index contributed by atoms with van der Waals surface area (Å²) in [6.45, 7) is 1.98. The zero-order valence-corrected chi connectivity index (χ0v) is 9.35. The van der Waals surface area contributed by atoms with Crippen LogP contribution >= 0.6 is 22.9 Å². The normalized spacial score (nSPS) is 12.5. The Labute approximate surface area is 90.4 Å². The van der Waals surface area contributed by atoms with Gasteiger partial charge in [-0.1, -0.05) is 11.3 Å². The molecule has 1 rings (SSSR count). The van der Waals surface area contributed by atoms with E-state index in [9.17, 15) is 4.79 Å². The molecule has 1 atom stereocenters. The molecule has 0 aliphatic rings. The predicted octanol–water partition coefficient (Wildman–Crippen LogP) is 1.25. The van der Waals surface area contributed by atoms with Crippen LogP contribution in [0.15, 0.2) is 0 Å². The van der Waals surface area contributed by atoms with Gasteiger partial charge in [0.1, 0.15) is 17.0 Å². The van der Waals surface area contributed by atoms with Crippen molar-refractivity contribution >= 4 is 34.0 Å². The van der Waals surface area contributed by atoms with E-state index in [-0.39, 0.29) is 5.91 Å². The van der Waals surface area contributed by atoms with Crippen molar-refractivity contribution < 1.29 is 9.53 Å². The monoisotopic (exact) mass is 235 g/mol. The average molecular weight is 236 g/mol. The Morgan fingerprint density at radius 2 is 2.43 bits per heavy atom. The van der Waals surface area contributed by atoms with Crippen molar-refractivity contribution in [3.05, 3.63) is 5.01 Å². The van der Waals surface area contributed by atoms with Gasteiger partial charge in [-0.05, 0) is 6.92 Å². The van der Waals surface area contributed by atoms with Crippen molar-refractivity contribution in [1.82, 2.24) is 10.2 Å². The number of halogens is 1. The van der Waals surface area contributed by atoms with Crippen LogP contribution in [0, 0.1) is 0 Å². The van der Waals surface area contributed by atoms with Gasteiger partial charge in [0, 0.05) is 7.11 Å². The zero-order chi connectivity index (χ0) is 10.6. The van der Waals surface area contributed by atoms with Gasteiger partial charge in [-0.15, -0.1) is 21.8 Å². The van der Waals surface area contributed by atoms with Gasteiger partial charge in [0.2, 0.25) is 11.0 Å². The third-order valence-electron chi connectivity index (χ3n) is 1.33. The minimum absolute atomic E-state index is 0.285. The first-order valence-corrected chi connectivity index (χ1v) is 5.15. The first-order valence-electron chi connectivity index (χ1n) is 3.89. The van der Waals surface area contributed by atoms with Gasteiger partial charge in [0.05, 0.1) is 0 Å². The molecule has 0 aliphatic heterocycles. The molecule has 0 aromatic carbocycles. The van der Waals surface area contributed by atoms with E-state index in [2.05, 4.69) is 15.5 Å². The Bertz CT molecular complexity index is 316. The van der Waals surface area contributed by atoms with Crippen LogP contribution in [0.4, 0.5) is 5.13 Å². The van der Waals surface area contributed by atoms with Crippen LogP contribution in [0.3, 0.4) is 0 Å². The number of methoxy groups -OCH3 is 1. The van der Waals surface area contributed by atoms with E-state index >= 15 is 0 Å². The first-order chi connectivity index (χ1) is 6.63. The fourth-order valence-electron chi connectivity index (χ4n) is 0.691. The second kappa shape index (κ2) is 5.23. The molecule has 78 valence electrons. The maximum absolute atomic E-state index is 11.1. The number of hydrogen-bond donors (Lipinski definition) is 1. The van der Waals surface area contributed by atoms with E-state index in [1.54, 1.807) is 14.0 Å². The minimum atomic E-state index is -0.579. The number of nitrogens with one attached hydrogen (secondary N) is 1. The largest absolute Gasteiger partial charge is 0.377 e. The molecular formula is C7H10ClN3O2S. The molecule has 0 fully saturated rings. The van der Waals surface area contributed by atoms with Crippen LogP contribution in [0.5, 0.6) is 0 Å². The molecule has 0 radical (unpaired) electrons. The van der Waals surface area contributed by atoms with E-state index in [1.165, 1.54) is 11.3 Å². The lowest BCUT2D eigenvalue weighted by atomic mass is 10.4. The van der Waals surface area contributed by atoms with Crippen molar-refractivity contribution in [3.8, 4) is 0 Å². The standard InChI is InChI=1S/C7H10ClN3O2S/c1-4(8)6(12)9-7-11-10-5(14-7)3-13-2/h4H,3H2,1-2H3,(H,9,11,12)/t4-/m1/s1. The Hall–Kier alpha value is -0.720. The topological polar surface area (TPSA) is 64.1 Å². The summed E-state index contributed by atoms with van der Waals surface area (Å²) < 4.78 is 4.86. The molecule has 1 N–H and O–H groups in total. The summed E-state index contributed by atoms with van der Waals surface area (Å²) in [6.07, 6.45) is 0. The lowest BCUT2D eigenvalue weighted by Gasteiger charge is -2.00. The highest BCUT2D eigenvalue weighted by molar-refractivity contribution is 7.15. The summed E-state index contributed by atoms with van der Waals surface area (Å²) in [5, 5.41) is 10.7. The highest BCUT2D eigenvalue weighted by Gasteiger charge is 2.12. The Balaban J connectivity index is 2.55. The van der Waals surface area contributed by atoms with Crippen molar-refractivity contribution in [3.63, 3.8) is 0 Å². The molecule has 0 bridgehead atoms.